The minimum absolute atomic E-state index is 0. The number of aromatic nitrogens is 2. The highest BCUT2D eigenvalue weighted by Gasteiger charge is 2.23. The average molecular weight is 445 g/mol. The second-order valence-electron chi connectivity index (χ2n) is 7.66. The molecule has 1 N–H and O–H groups in total. The van der Waals surface area contributed by atoms with Crippen LogP contribution in [-0.4, -0.2) is 33.9 Å². The van der Waals surface area contributed by atoms with Crippen LogP contribution in [0.1, 0.15) is 47.3 Å². The molecule has 0 bridgehead atoms. The summed E-state index contributed by atoms with van der Waals surface area (Å²) in [5, 5.41) is 4.94. The van der Waals surface area contributed by atoms with Gasteiger partial charge in [0.2, 0.25) is 0 Å². The normalized spacial score (nSPS) is 14.2. The summed E-state index contributed by atoms with van der Waals surface area (Å²) in [7, 11) is 0. The van der Waals surface area contributed by atoms with E-state index in [-0.39, 0.29) is 18.3 Å². The predicted molar refractivity (Wildman–Crippen MR) is 125 cm³/mol. The highest BCUT2D eigenvalue weighted by molar-refractivity contribution is 6.31. The van der Waals surface area contributed by atoms with Gasteiger partial charge in [0.1, 0.15) is 0 Å². The summed E-state index contributed by atoms with van der Waals surface area (Å²) >= 11 is 6.22. The van der Waals surface area contributed by atoms with Crippen molar-refractivity contribution in [1.82, 2.24) is 14.9 Å². The Kier molecular flexibility index (Phi) is 7.16. The Morgan fingerprint density at radius 2 is 1.80 bits per heavy atom. The van der Waals surface area contributed by atoms with Crippen molar-refractivity contribution in [1.29, 1.82) is 0 Å². The first kappa shape index (κ1) is 22.3. The Hall–Kier alpha value is -2.37. The van der Waals surface area contributed by atoms with E-state index in [4.69, 9.17) is 11.6 Å². The molecule has 0 aliphatic carbocycles. The van der Waals surface area contributed by atoms with Crippen LogP contribution in [-0.2, 0) is 0 Å². The number of fused-ring (bicyclic) bond motifs is 1. The number of likely N-dealkylation sites (tertiary alicyclic amines) is 1. The lowest BCUT2D eigenvalue weighted by molar-refractivity contribution is 0.0762. The minimum Gasteiger partial charge on any atom is -0.354 e. The number of pyridine rings is 2. The van der Waals surface area contributed by atoms with Crippen LogP contribution in [0, 0.1) is 13.8 Å². The molecule has 0 atom stereocenters. The minimum atomic E-state index is 0. The van der Waals surface area contributed by atoms with Crippen LogP contribution in [0.4, 0.5) is 11.4 Å². The number of halogens is 2. The quantitative estimate of drug-likeness (QED) is 0.531. The smallest absolute Gasteiger partial charge is 0.257 e. The third-order valence-corrected chi connectivity index (χ3v) is 5.69. The average Bonchev–Trinajstić information content (AvgIpc) is 3.00. The third kappa shape index (κ3) is 4.68. The van der Waals surface area contributed by atoms with Crippen LogP contribution in [0.5, 0.6) is 0 Å². The number of carbonyl (C=O) groups is 1. The van der Waals surface area contributed by atoms with Gasteiger partial charge in [-0.15, -0.1) is 12.4 Å². The van der Waals surface area contributed by atoms with Crippen LogP contribution < -0.4 is 5.32 Å². The summed E-state index contributed by atoms with van der Waals surface area (Å²) in [5.41, 5.74) is 4.75. The molecule has 0 spiro atoms. The van der Waals surface area contributed by atoms with Crippen LogP contribution in [0.2, 0.25) is 5.02 Å². The summed E-state index contributed by atoms with van der Waals surface area (Å²) in [6.07, 6.45) is 6.10. The van der Waals surface area contributed by atoms with E-state index in [1.54, 1.807) is 6.20 Å². The molecule has 3 heterocycles. The molecule has 0 unspecified atom stereocenters. The Morgan fingerprint density at radius 3 is 2.53 bits per heavy atom. The Balaban J connectivity index is 0.00000256. The number of aryl methyl sites for hydroxylation is 2. The summed E-state index contributed by atoms with van der Waals surface area (Å²) in [6, 6.07) is 9.63. The first-order chi connectivity index (χ1) is 14.0. The van der Waals surface area contributed by atoms with Gasteiger partial charge in [-0.25, -0.2) is 9.97 Å². The van der Waals surface area contributed by atoms with E-state index in [1.807, 2.05) is 49.1 Å². The molecule has 0 radical (unpaired) electrons. The summed E-state index contributed by atoms with van der Waals surface area (Å²) in [6.45, 7) is 5.53. The number of hydrogen-bond donors (Lipinski definition) is 1. The van der Waals surface area contributed by atoms with Crippen molar-refractivity contribution < 1.29 is 4.79 Å². The molecule has 2 aromatic heterocycles. The van der Waals surface area contributed by atoms with Gasteiger partial charge in [-0.2, -0.15) is 0 Å². The highest BCUT2D eigenvalue weighted by atomic mass is 35.5. The number of rotatable bonds is 3. The lowest BCUT2D eigenvalue weighted by Gasteiger charge is -2.23. The van der Waals surface area contributed by atoms with Gasteiger partial charge in [0.15, 0.2) is 5.65 Å². The zero-order valence-corrected chi connectivity index (χ0v) is 18.8. The van der Waals surface area contributed by atoms with E-state index in [9.17, 15) is 4.79 Å². The molecule has 1 aliphatic rings. The molecule has 3 aromatic rings. The fourth-order valence-corrected chi connectivity index (χ4v) is 3.95. The van der Waals surface area contributed by atoms with Gasteiger partial charge in [-0.3, -0.25) is 4.79 Å². The number of amides is 1. The van der Waals surface area contributed by atoms with E-state index >= 15 is 0 Å². The van der Waals surface area contributed by atoms with Gasteiger partial charge in [-0.05, 0) is 56.5 Å². The first-order valence-electron chi connectivity index (χ1n) is 10.1. The monoisotopic (exact) mass is 444 g/mol. The molecular formula is C23H26Cl2N4O. The fraction of sp³-hybridized carbons (Fsp3) is 0.348. The number of anilines is 2. The molecule has 1 aliphatic heterocycles. The van der Waals surface area contributed by atoms with Crippen molar-refractivity contribution in [2.45, 2.75) is 39.5 Å². The van der Waals surface area contributed by atoms with E-state index in [0.717, 1.165) is 53.9 Å². The molecular weight excluding hydrogens is 419 g/mol. The molecule has 30 heavy (non-hydrogen) atoms. The van der Waals surface area contributed by atoms with Gasteiger partial charge < -0.3 is 10.2 Å². The van der Waals surface area contributed by atoms with Gasteiger partial charge in [0.25, 0.3) is 5.91 Å². The maximum Gasteiger partial charge on any atom is 0.257 e. The van der Waals surface area contributed by atoms with Crippen LogP contribution in [0.3, 0.4) is 0 Å². The Morgan fingerprint density at radius 1 is 1.07 bits per heavy atom. The third-order valence-electron chi connectivity index (χ3n) is 5.45. The molecule has 0 saturated carbocycles. The standard InChI is InChI=1S/C23H25ClN4O.ClH/c1-15-7-9-17(24)13-20(15)27-21-18-10-8-16(2)26-22(18)25-14-19(21)23(29)28-11-5-3-4-6-12-28;/h7-10,13-14H,3-6,11-12H2,1-2H3,(H,25,26,27);1H. The van der Waals surface area contributed by atoms with Crippen LogP contribution >= 0.6 is 24.0 Å². The van der Waals surface area contributed by atoms with Crippen molar-refractivity contribution in [2.24, 2.45) is 0 Å². The molecule has 1 fully saturated rings. The number of hydrogen-bond acceptors (Lipinski definition) is 4. The molecule has 1 saturated heterocycles. The number of benzene rings is 1. The number of nitrogens with zero attached hydrogens (tertiary/aromatic N) is 3. The van der Waals surface area contributed by atoms with Crippen molar-refractivity contribution >= 4 is 52.3 Å². The topological polar surface area (TPSA) is 58.1 Å². The molecule has 7 heteroatoms. The first-order valence-corrected chi connectivity index (χ1v) is 10.5. The lowest BCUT2D eigenvalue weighted by Crippen LogP contribution is -2.32. The maximum atomic E-state index is 13.4. The van der Waals surface area contributed by atoms with E-state index in [2.05, 4.69) is 15.3 Å². The largest absolute Gasteiger partial charge is 0.354 e. The highest BCUT2D eigenvalue weighted by Crippen LogP contribution is 2.32. The Bertz CT molecular complexity index is 1060. The molecule has 4 rings (SSSR count). The summed E-state index contributed by atoms with van der Waals surface area (Å²) in [5.74, 6) is 0.0176. The number of carbonyl (C=O) groups excluding carboxylic acids is 1. The van der Waals surface area contributed by atoms with E-state index < -0.39 is 0 Å². The number of nitrogens with one attached hydrogen (secondary N) is 1. The zero-order chi connectivity index (χ0) is 20.4. The van der Waals surface area contributed by atoms with Crippen LogP contribution in [0.15, 0.2) is 36.5 Å². The lowest BCUT2D eigenvalue weighted by atomic mass is 10.1. The van der Waals surface area contributed by atoms with E-state index in [0.29, 0.717) is 16.2 Å². The van der Waals surface area contributed by atoms with Crippen molar-refractivity contribution in [3.63, 3.8) is 0 Å². The SMILES string of the molecule is Cc1ccc2c(Nc3cc(Cl)ccc3C)c(C(=O)N3CCCCCC3)cnc2n1.Cl. The van der Waals surface area contributed by atoms with E-state index in [1.165, 1.54) is 12.8 Å². The molecule has 1 aromatic carbocycles. The molecule has 5 nitrogen and oxygen atoms in total. The van der Waals surface area contributed by atoms with Gasteiger partial charge in [0, 0.05) is 41.1 Å². The zero-order valence-electron chi connectivity index (χ0n) is 17.2. The molecule has 158 valence electrons. The Labute approximate surface area is 188 Å². The van der Waals surface area contributed by atoms with Crippen molar-refractivity contribution in [3.8, 4) is 0 Å². The van der Waals surface area contributed by atoms with Crippen molar-refractivity contribution in [3.05, 3.63) is 58.4 Å². The molecule has 1 amide bonds. The van der Waals surface area contributed by atoms with Crippen molar-refractivity contribution in [2.75, 3.05) is 18.4 Å². The van der Waals surface area contributed by atoms with Gasteiger partial charge in [-0.1, -0.05) is 30.5 Å². The second kappa shape index (κ2) is 9.63. The predicted octanol–water partition coefficient (Wildman–Crippen LogP) is 6.08. The fourth-order valence-electron chi connectivity index (χ4n) is 3.78. The second-order valence-corrected chi connectivity index (χ2v) is 8.10. The van der Waals surface area contributed by atoms with Gasteiger partial charge >= 0.3 is 0 Å². The summed E-state index contributed by atoms with van der Waals surface area (Å²) in [4.78, 5) is 24.4. The van der Waals surface area contributed by atoms with Gasteiger partial charge in [0.05, 0.1) is 11.3 Å². The maximum absolute atomic E-state index is 13.4. The summed E-state index contributed by atoms with van der Waals surface area (Å²) < 4.78 is 0. The van der Waals surface area contributed by atoms with Crippen LogP contribution in [0.25, 0.3) is 11.0 Å².